The maximum atomic E-state index is 2.42. The lowest BCUT2D eigenvalue weighted by atomic mass is 9.93. The van der Waals surface area contributed by atoms with E-state index in [9.17, 15) is 0 Å². The van der Waals surface area contributed by atoms with Gasteiger partial charge in [0.1, 0.15) is 0 Å². The minimum Gasteiger partial charge on any atom is -0.326 e. The van der Waals surface area contributed by atoms with Crippen molar-refractivity contribution in [3.63, 3.8) is 0 Å². The molecule has 0 atom stereocenters. The zero-order valence-electron chi connectivity index (χ0n) is 9.19. The first-order chi connectivity index (χ1) is 5.41. The summed E-state index contributed by atoms with van der Waals surface area (Å²) in [5.41, 5.74) is 0.492. The van der Waals surface area contributed by atoms with E-state index in [4.69, 9.17) is 0 Å². The highest BCUT2D eigenvalue weighted by atomic mass is 15.3. The van der Waals surface area contributed by atoms with Gasteiger partial charge in [-0.15, -0.1) is 0 Å². The lowest BCUT2D eigenvalue weighted by Crippen LogP contribution is -2.52. The molecule has 1 rings (SSSR count). The number of rotatable bonds is 1. The topological polar surface area (TPSA) is 0 Å². The van der Waals surface area contributed by atoms with Gasteiger partial charge in [-0.25, -0.2) is 0 Å². The van der Waals surface area contributed by atoms with Gasteiger partial charge < -0.3 is 4.48 Å². The molecule has 12 heavy (non-hydrogen) atoms. The number of likely N-dealkylation sites (tertiary alicyclic amines) is 1. The molecular formula is C11H24N+. The van der Waals surface area contributed by atoms with Crippen molar-refractivity contribution in [1.29, 1.82) is 0 Å². The second-order valence-corrected chi connectivity index (χ2v) is 5.85. The van der Waals surface area contributed by atoms with Gasteiger partial charge in [0.15, 0.2) is 0 Å². The predicted molar refractivity (Wildman–Crippen MR) is 54.1 cm³/mol. The monoisotopic (exact) mass is 170 g/mol. The van der Waals surface area contributed by atoms with E-state index in [1.54, 1.807) is 0 Å². The van der Waals surface area contributed by atoms with Crippen LogP contribution in [-0.2, 0) is 0 Å². The maximum Gasteiger partial charge on any atom is 0.0833 e. The van der Waals surface area contributed by atoms with Crippen molar-refractivity contribution < 1.29 is 4.48 Å². The number of piperidine rings is 1. The molecule has 1 heteroatoms. The van der Waals surface area contributed by atoms with Crippen molar-refractivity contribution in [1.82, 2.24) is 0 Å². The summed E-state index contributed by atoms with van der Waals surface area (Å²) in [6, 6.07) is 0. The van der Waals surface area contributed by atoms with E-state index in [0.29, 0.717) is 5.41 Å². The molecule has 1 aliphatic heterocycles. The molecule has 0 aromatic carbocycles. The summed E-state index contributed by atoms with van der Waals surface area (Å²) >= 11 is 0. The Bertz CT molecular complexity index is 138. The summed E-state index contributed by atoms with van der Waals surface area (Å²) in [5.74, 6) is 0. The fourth-order valence-corrected chi connectivity index (χ4v) is 2.58. The van der Waals surface area contributed by atoms with Crippen molar-refractivity contribution in [2.45, 2.75) is 40.0 Å². The predicted octanol–water partition coefficient (Wildman–Crippen LogP) is 2.66. The number of hydrogen-bond donors (Lipinski definition) is 0. The Morgan fingerprint density at radius 2 is 1.50 bits per heavy atom. The second kappa shape index (κ2) is 3.37. The maximum absolute atomic E-state index is 2.42. The van der Waals surface area contributed by atoms with Crippen LogP contribution >= 0.6 is 0 Å². The third kappa shape index (κ3) is 3.14. The van der Waals surface area contributed by atoms with Gasteiger partial charge in [-0.3, -0.25) is 0 Å². The molecule has 1 saturated heterocycles. The summed E-state index contributed by atoms with van der Waals surface area (Å²) in [4.78, 5) is 0. The molecule has 0 aliphatic carbocycles. The molecular weight excluding hydrogens is 146 g/mol. The third-order valence-electron chi connectivity index (χ3n) is 2.75. The first kappa shape index (κ1) is 10.0. The molecule has 0 spiro atoms. The van der Waals surface area contributed by atoms with Crippen molar-refractivity contribution in [2.75, 3.05) is 26.7 Å². The van der Waals surface area contributed by atoms with E-state index >= 15 is 0 Å². The smallest absolute Gasteiger partial charge is 0.0833 e. The van der Waals surface area contributed by atoms with Gasteiger partial charge in [-0.1, -0.05) is 20.8 Å². The summed E-state index contributed by atoms with van der Waals surface area (Å²) in [7, 11) is 2.42. The van der Waals surface area contributed by atoms with Gasteiger partial charge in [0.05, 0.1) is 26.7 Å². The van der Waals surface area contributed by atoms with Gasteiger partial charge in [0.2, 0.25) is 0 Å². The van der Waals surface area contributed by atoms with Crippen LogP contribution in [-0.4, -0.2) is 31.2 Å². The van der Waals surface area contributed by atoms with Crippen LogP contribution in [0.3, 0.4) is 0 Å². The van der Waals surface area contributed by atoms with Crippen molar-refractivity contribution in [2.24, 2.45) is 5.41 Å². The van der Waals surface area contributed by atoms with Crippen molar-refractivity contribution in [3.8, 4) is 0 Å². The van der Waals surface area contributed by atoms with E-state index in [1.807, 2.05) is 0 Å². The molecule has 0 aromatic heterocycles. The zero-order valence-corrected chi connectivity index (χ0v) is 9.19. The molecule has 1 fully saturated rings. The molecule has 0 aromatic rings. The average molecular weight is 170 g/mol. The summed E-state index contributed by atoms with van der Waals surface area (Å²) in [6.07, 6.45) is 4.33. The van der Waals surface area contributed by atoms with Crippen LogP contribution in [0, 0.1) is 5.41 Å². The molecule has 1 aliphatic rings. The Kier molecular flexibility index (Phi) is 2.82. The van der Waals surface area contributed by atoms with Crippen LogP contribution in [0.2, 0.25) is 0 Å². The molecule has 0 N–H and O–H groups in total. The van der Waals surface area contributed by atoms with Crippen molar-refractivity contribution in [3.05, 3.63) is 0 Å². The van der Waals surface area contributed by atoms with E-state index in [2.05, 4.69) is 27.8 Å². The number of hydrogen-bond acceptors (Lipinski definition) is 0. The van der Waals surface area contributed by atoms with Crippen LogP contribution in [0.25, 0.3) is 0 Å². The summed E-state index contributed by atoms with van der Waals surface area (Å²) in [5, 5.41) is 0. The fourth-order valence-electron chi connectivity index (χ4n) is 2.58. The molecule has 1 heterocycles. The van der Waals surface area contributed by atoms with Crippen LogP contribution < -0.4 is 0 Å². The first-order valence-corrected chi connectivity index (χ1v) is 5.25. The minimum absolute atomic E-state index is 0.492. The third-order valence-corrected chi connectivity index (χ3v) is 2.75. The van der Waals surface area contributed by atoms with E-state index in [0.717, 1.165) is 0 Å². The lowest BCUT2D eigenvalue weighted by Gasteiger charge is -2.41. The molecule has 0 amide bonds. The minimum atomic E-state index is 0.492. The Labute approximate surface area is 77.4 Å². The average Bonchev–Trinajstić information content (AvgIpc) is 1.83. The normalized spacial score (nSPS) is 24.0. The van der Waals surface area contributed by atoms with Crippen molar-refractivity contribution >= 4 is 0 Å². The van der Waals surface area contributed by atoms with E-state index in [1.165, 1.54) is 43.4 Å². The molecule has 0 bridgehead atoms. The Hall–Kier alpha value is -0.0400. The lowest BCUT2D eigenvalue weighted by molar-refractivity contribution is -0.919. The van der Waals surface area contributed by atoms with Crippen LogP contribution in [0.1, 0.15) is 40.0 Å². The standard InChI is InChI=1S/C11H24N/c1-11(2,3)10-12(4)8-6-5-7-9-12/h5-10H2,1-4H3/q+1. The van der Waals surface area contributed by atoms with Crippen LogP contribution in [0.4, 0.5) is 0 Å². The molecule has 1 nitrogen and oxygen atoms in total. The Balaban J connectivity index is 2.47. The second-order valence-electron chi connectivity index (χ2n) is 5.85. The summed E-state index contributed by atoms with van der Waals surface area (Å²) < 4.78 is 1.31. The van der Waals surface area contributed by atoms with E-state index < -0.39 is 0 Å². The van der Waals surface area contributed by atoms with Crippen LogP contribution in [0.15, 0.2) is 0 Å². The van der Waals surface area contributed by atoms with Gasteiger partial charge >= 0.3 is 0 Å². The molecule has 72 valence electrons. The van der Waals surface area contributed by atoms with Gasteiger partial charge in [-0.2, -0.15) is 0 Å². The number of quaternary nitrogens is 1. The SMILES string of the molecule is CC(C)(C)C[N+]1(C)CCCCC1. The highest BCUT2D eigenvalue weighted by Gasteiger charge is 2.29. The zero-order chi connectivity index (χ0) is 9.24. The highest BCUT2D eigenvalue weighted by molar-refractivity contribution is 4.62. The Morgan fingerprint density at radius 1 is 1.00 bits per heavy atom. The van der Waals surface area contributed by atoms with Gasteiger partial charge in [0.25, 0.3) is 0 Å². The quantitative estimate of drug-likeness (QED) is 0.531. The first-order valence-electron chi connectivity index (χ1n) is 5.25. The highest BCUT2D eigenvalue weighted by Crippen LogP contribution is 2.24. The van der Waals surface area contributed by atoms with Crippen LogP contribution in [0.5, 0.6) is 0 Å². The van der Waals surface area contributed by atoms with Gasteiger partial charge in [0, 0.05) is 5.41 Å². The Morgan fingerprint density at radius 3 is 1.92 bits per heavy atom. The summed E-state index contributed by atoms with van der Waals surface area (Å²) in [6.45, 7) is 11.2. The molecule has 0 unspecified atom stereocenters. The largest absolute Gasteiger partial charge is 0.326 e. The fraction of sp³-hybridized carbons (Fsp3) is 1.00. The molecule has 0 radical (unpaired) electrons. The molecule has 0 saturated carbocycles. The van der Waals surface area contributed by atoms with Gasteiger partial charge in [-0.05, 0) is 19.3 Å². The number of nitrogens with zero attached hydrogens (tertiary/aromatic N) is 1. The van der Waals surface area contributed by atoms with E-state index in [-0.39, 0.29) is 0 Å².